The van der Waals surface area contributed by atoms with Crippen LogP contribution in [0.5, 0.6) is 0 Å². The lowest BCUT2D eigenvalue weighted by atomic mass is 10.2. The number of furan rings is 1. The van der Waals surface area contributed by atoms with E-state index in [0.29, 0.717) is 0 Å². The molecule has 3 nitrogen and oxygen atoms in total. The topological polar surface area (TPSA) is 28.4 Å². The third-order valence-electron chi connectivity index (χ3n) is 2.88. The second kappa shape index (κ2) is 6.89. The van der Waals surface area contributed by atoms with Crippen molar-refractivity contribution in [3.8, 4) is 0 Å². The molecule has 0 amide bonds. The van der Waals surface area contributed by atoms with Gasteiger partial charge >= 0.3 is 0 Å². The van der Waals surface area contributed by atoms with Crippen molar-refractivity contribution in [2.75, 3.05) is 14.1 Å². The van der Waals surface area contributed by atoms with E-state index >= 15 is 0 Å². The maximum Gasteiger partial charge on any atom is 0.118 e. The molecule has 0 aliphatic rings. The van der Waals surface area contributed by atoms with E-state index in [1.165, 1.54) is 11.1 Å². The van der Waals surface area contributed by atoms with Gasteiger partial charge in [-0.25, -0.2) is 0 Å². The van der Waals surface area contributed by atoms with E-state index in [1.54, 1.807) is 0 Å². The Kier molecular flexibility index (Phi) is 5.19. The average Bonchev–Trinajstić information content (AvgIpc) is 2.80. The number of hydrogen-bond donors (Lipinski definition) is 1. The minimum absolute atomic E-state index is 0.819. The van der Waals surface area contributed by atoms with Gasteiger partial charge in [0.05, 0.1) is 12.8 Å². The molecule has 0 spiro atoms. The molecular weight excluding hydrogens is 304 g/mol. The van der Waals surface area contributed by atoms with Gasteiger partial charge in [-0.2, -0.15) is 0 Å². The number of nitrogens with zero attached hydrogens (tertiary/aromatic N) is 1. The second-order valence-corrected chi connectivity index (χ2v) is 5.67. The number of rotatable bonds is 6. The molecule has 2 aromatic rings. The standard InChI is InChI=1S/C15H19BrN2O/c1-17-8-13-7-15(19-11-13)10-18(2)9-12-3-5-14(16)6-4-12/h3-7,11,17H,8-10H2,1-2H3. The highest BCUT2D eigenvalue weighted by molar-refractivity contribution is 9.10. The van der Waals surface area contributed by atoms with Crippen molar-refractivity contribution in [3.05, 3.63) is 58.0 Å². The maximum absolute atomic E-state index is 5.56. The first-order chi connectivity index (χ1) is 9.17. The van der Waals surface area contributed by atoms with E-state index in [9.17, 15) is 0 Å². The van der Waals surface area contributed by atoms with Crippen molar-refractivity contribution in [3.63, 3.8) is 0 Å². The van der Waals surface area contributed by atoms with E-state index in [-0.39, 0.29) is 0 Å². The molecule has 1 aromatic heterocycles. The number of benzene rings is 1. The lowest BCUT2D eigenvalue weighted by molar-refractivity contribution is 0.288. The minimum Gasteiger partial charge on any atom is -0.468 e. The lowest BCUT2D eigenvalue weighted by Crippen LogP contribution is -2.16. The number of hydrogen-bond acceptors (Lipinski definition) is 3. The number of halogens is 1. The van der Waals surface area contributed by atoms with Crippen LogP contribution in [-0.2, 0) is 19.6 Å². The third kappa shape index (κ3) is 4.49. The zero-order valence-corrected chi connectivity index (χ0v) is 12.9. The molecule has 0 unspecified atom stereocenters. The fourth-order valence-electron chi connectivity index (χ4n) is 2.03. The van der Waals surface area contributed by atoms with Crippen LogP contribution in [0.25, 0.3) is 0 Å². The zero-order chi connectivity index (χ0) is 13.7. The van der Waals surface area contributed by atoms with Gasteiger partial charge in [-0.05, 0) is 37.9 Å². The highest BCUT2D eigenvalue weighted by atomic mass is 79.9. The van der Waals surface area contributed by atoms with Crippen molar-refractivity contribution < 1.29 is 4.42 Å². The van der Waals surface area contributed by atoms with E-state index in [1.807, 2.05) is 13.3 Å². The van der Waals surface area contributed by atoms with E-state index in [0.717, 1.165) is 29.9 Å². The highest BCUT2D eigenvalue weighted by Gasteiger charge is 2.06. The first-order valence-electron chi connectivity index (χ1n) is 6.31. The van der Waals surface area contributed by atoms with Crippen LogP contribution < -0.4 is 5.32 Å². The number of nitrogens with one attached hydrogen (secondary N) is 1. The molecule has 0 bridgehead atoms. The summed E-state index contributed by atoms with van der Waals surface area (Å²) >= 11 is 3.45. The van der Waals surface area contributed by atoms with Crippen molar-refractivity contribution in [2.45, 2.75) is 19.6 Å². The first-order valence-corrected chi connectivity index (χ1v) is 7.10. The van der Waals surface area contributed by atoms with Gasteiger partial charge < -0.3 is 9.73 Å². The SMILES string of the molecule is CNCc1coc(CN(C)Cc2ccc(Br)cc2)c1. The molecule has 0 atom stereocenters. The highest BCUT2D eigenvalue weighted by Crippen LogP contribution is 2.14. The Morgan fingerprint density at radius 1 is 1.16 bits per heavy atom. The maximum atomic E-state index is 5.56. The predicted molar refractivity (Wildman–Crippen MR) is 80.8 cm³/mol. The molecule has 0 aliphatic carbocycles. The third-order valence-corrected chi connectivity index (χ3v) is 3.41. The van der Waals surface area contributed by atoms with E-state index in [4.69, 9.17) is 4.42 Å². The lowest BCUT2D eigenvalue weighted by Gasteiger charge is -2.15. The Morgan fingerprint density at radius 3 is 2.58 bits per heavy atom. The van der Waals surface area contributed by atoms with Crippen LogP contribution in [0.2, 0.25) is 0 Å². The fraction of sp³-hybridized carbons (Fsp3) is 0.333. The van der Waals surface area contributed by atoms with Crippen molar-refractivity contribution >= 4 is 15.9 Å². The Bertz CT molecular complexity index is 507. The summed E-state index contributed by atoms with van der Waals surface area (Å²) in [5, 5.41) is 3.12. The molecule has 0 aliphatic heterocycles. The summed E-state index contributed by atoms with van der Waals surface area (Å²) in [5.41, 5.74) is 2.49. The summed E-state index contributed by atoms with van der Waals surface area (Å²) < 4.78 is 6.67. The molecule has 0 fully saturated rings. The zero-order valence-electron chi connectivity index (χ0n) is 11.3. The monoisotopic (exact) mass is 322 g/mol. The van der Waals surface area contributed by atoms with Gasteiger partial charge in [0.15, 0.2) is 0 Å². The largest absolute Gasteiger partial charge is 0.468 e. The van der Waals surface area contributed by atoms with Gasteiger partial charge in [-0.3, -0.25) is 4.90 Å². The van der Waals surface area contributed by atoms with Crippen LogP contribution in [0.3, 0.4) is 0 Å². The van der Waals surface area contributed by atoms with E-state index < -0.39 is 0 Å². The minimum atomic E-state index is 0.819. The molecule has 4 heteroatoms. The Balaban J connectivity index is 1.89. The predicted octanol–water partition coefficient (Wildman–Crippen LogP) is 3.39. The van der Waals surface area contributed by atoms with Crippen LogP contribution in [0.4, 0.5) is 0 Å². The van der Waals surface area contributed by atoms with Gasteiger partial charge in [-0.1, -0.05) is 28.1 Å². The van der Waals surface area contributed by atoms with Crippen LogP contribution in [0.15, 0.2) is 45.5 Å². The van der Waals surface area contributed by atoms with Crippen molar-refractivity contribution in [1.29, 1.82) is 0 Å². The summed E-state index contributed by atoms with van der Waals surface area (Å²) in [6.07, 6.45) is 1.82. The molecule has 0 saturated heterocycles. The Hall–Kier alpha value is -1.10. The normalized spacial score (nSPS) is 11.2. The van der Waals surface area contributed by atoms with Crippen molar-refractivity contribution in [2.24, 2.45) is 0 Å². The van der Waals surface area contributed by atoms with Crippen molar-refractivity contribution in [1.82, 2.24) is 10.2 Å². The summed E-state index contributed by atoms with van der Waals surface area (Å²) in [6, 6.07) is 10.5. The summed E-state index contributed by atoms with van der Waals surface area (Å²) in [5.74, 6) is 1.00. The first kappa shape index (κ1) is 14.3. The van der Waals surface area contributed by atoms with Crippen LogP contribution in [0, 0.1) is 0 Å². The summed E-state index contributed by atoms with van der Waals surface area (Å²) in [6.45, 7) is 2.58. The van der Waals surface area contributed by atoms with Gasteiger partial charge in [0.2, 0.25) is 0 Å². The van der Waals surface area contributed by atoms with Gasteiger partial charge in [-0.15, -0.1) is 0 Å². The van der Waals surface area contributed by atoms with E-state index in [2.05, 4.69) is 63.5 Å². The van der Waals surface area contributed by atoms with Gasteiger partial charge in [0, 0.05) is 23.1 Å². The molecular formula is C15H19BrN2O. The summed E-state index contributed by atoms with van der Waals surface area (Å²) in [7, 11) is 4.04. The molecule has 102 valence electrons. The van der Waals surface area contributed by atoms with Crippen LogP contribution >= 0.6 is 15.9 Å². The fourth-order valence-corrected chi connectivity index (χ4v) is 2.29. The molecule has 1 N–H and O–H groups in total. The summed E-state index contributed by atoms with van der Waals surface area (Å²) in [4.78, 5) is 2.24. The second-order valence-electron chi connectivity index (χ2n) is 4.75. The van der Waals surface area contributed by atoms with Crippen LogP contribution in [-0.4, -0.2) is 19.0 Å². The average molecular weight is 323 g/mol. The Morgan fingerprint density at radius 2 is 1.89 bits per heavy atom. The molecule has 1 aromatic carbocycles. The quantitative estimate of drug-likeness (QED) is 0.883. The molecule has 0 saturated carbocycles. The molecule has 2 rings (SSSR count). The van der Waals surface area contributed by atoms with Gasteiger partial charge in [0.1, 0.15) is 5.76 Å². The van der Waals surface area contributed by atoms with Crippen LogP contribution in [0.1, 0.15) is 16.9 Å². The molecule has 19 heavy (non-hydrogen) atoms. The Labute approximate surface area is 122 Å². The smallest absolute Gasteiger partial charge is 0.118 e. The molecule has 1 heterocycles. The van der Waals surface area contributed by atoms with Gasteiger partial charge in [0.25, 0.3) is 0 Å². The molecule has 0 radical (unpaired) electrons.